The number of unbranched alkanes of at least 4 members (excludes halogenated alkanes) is 34. The lowest BCUT2D eigenvalue weighted by Gasteiger charge is -2.18. The van der Waals surface area contributed by atoms with Crippen LogP contribution in [0.5, 0.6) is 0 Å². The van der Waals surface area contributed by atoms with Gasteiger partial charge in [-0.1, -0.05) is 323 Å². The first-order valence-corrected chi connectivity index (χ1v) is 33.7. The predicted octanol–water partition coefficient (Wildman–Crippen LogP) is 23.2. The van der Waals surface area contributed by atoms with Crippen LogP contribution >= 0.6 is 0 Å². The van der Waals surface area contributed by atoms with E-state index in [0.29, 0.717) is 19.3 Å². The van der Waals surface area contributed by atoms with Gasteiger partial charge in [-0.15, -0.1) is 0 Å². The van der Waals surface area contributed by atoms with Crippen LogP contribution in [-0.4, -0.2) is 37.2 Å². The molecule has 79 heavy (non-hydrogen) atoms. The maximum Gasteiger partial charge on any atom is 0.306 e. The van der Waals surface area contributed by atoms with Gasteiger partial charge in [0.2, 0.25) is 0 Å². The summed E-state index contributed by atoms with van der Waals surface area (Å²) in [6.07, 6.45) is 90.3. The summed E-state index contributed by atoms with van der Waals surface area (Å²) in [4.78, 5) is 38.3. The van der Waals surface area contributed by atoms with E-state index in [9.17, 15) is 14.4 Å². The van der Waals surface area contributed by atoms with Crippen molar-refractivity contribution in [3.8, 4) is 0 Å². The lowest BCUT2D eigenvalue weighted by Crippen LogP contribution is -2.30. The first kappa shape index (κ1) is 75.3. The van der Waals surface area contributed by atoms with Crippen LogP contribution in [0.1, 0.15) is 329 Å². The Bertz CT molecular complexity index is 1540. The molecule has 6 heteroatoms. The number of hydrogen-bond acceptors (Lipinski definition) is 6. The zero-order valence-corrected chi connectivity index (χ0v) is 52.1. The molecule has 0 aliphatic carbocycles. The Morgan fingerprint density at radius 2 is 0.519 bits per heavy atom. The third-order valence-corrected chi connectivity index (χ3v) is 14.6. The van der Waals surface area contributed by atoms with E-state index in [-0.39, 0.29) is 37.5 Å². The van der Waals surface area contributed by atoms with E-state index < -0.39 is 6.10 Å². The van der Waals surface area contributed by atoms with E-state index in [0.717, 1.165) is 103 Å². The molecular formula is C73H126O6. The first-order chi connectivity index (χ1) is 39.0. The molecule has 0 N–H and O–H groups in total. The van der Waals surface area contributed by atoms with E-state index in [1.807, 2.05) is 6.08 Å². The summed E-state index contributed by atoms with van der Waals surface area (Å²) in [5.74, 6) is -0.992. The van der Waals surface area contributed by atoms with Gasteiger partial charge in [0.1, 0.15) is 13.2 Å². The number of ether oxygens (including phenoxy) is 3. The van der Waals surface area contributed by atoms with Crippen LogP contribution < -0.4 is 0 Å². The van der Waals surface area contributed by atoms with Crippen LogP contribution in [0.15, 0.2) is 97.2 Å². The van der Waals surface area contributed by atoms with Gasteiger partial charge in [-0.05, 0) is 83.5 Å². The van der Waals surface area contributed by atoms with Gasteiger partial charge in [0.05, 0.1) is 0 Å². The number of rotatable bonds is 61. The second kappa shape index (κ2) is 66.8. The molecule has 0 fully saturated rings. The number of carbonyl (C=O) groups is 3. The fourth-order valence-corrected chi connectivity index (χ4v) is 9.63. The lowest BCUT2D eigenvalue weighted by atomic mass is 10.0. The zero-order chi connectivity index (χ0) is 57.1. The van der Waals surface area contributed by atoms with Gasteiger partial charge in [-0.3, -0.25) is 14.4 Å². The second-order valence-corrected chi connectivity index (χ2v) is 22.3. The molecule has 0 amide bonds. The summed E-state index contributed by atoms with van der Waals surface area (Å²) in [5.41, 5.74) is 0. The van der Waals surface area contributed by atoms with Gasteiger partial charge in [-0.25, -0.2) is 0 Å². The van der Waals surface area contributed by atoms with Crippen LogP contribution in [0.3, 0.4) is 0 Å². The van der Waals surface area contributed by atoms with Gasteiger partial charge in [0, 0.05) is 19.3 Å². The van der Waals surface area contributed by atoms with Gasteiger partial charge in [-0.2, -0.15) is 0 Å². The van der Waals surface area contributed by atoms with Gasteiger partial charge in [0.15, 0.2) is 6.10 Å². The molecule has 0 saturated heterocycles. The van der Waals surface area contributed by atoms with E-state index >= 15 is 0 Å². The highest BCUT2D eigenvalue weighted by molar-refractivity contribution is 5.71. The Kier molecular flexibility index (Phi) is 63.7. The number of esters is 3. The zero-order valence-electron chi connectivity index (χ0n) is 52.1. The Balaban J connectivity index is 4.26. The minimum Gasteiger partial charge on any atom is -0.462 e. The summed E-state index contributed by atoms with van der Waals surface area (Å²) in [6.45, 7) is 6.37. The van der Waals surface area contributed by atoms with Gasteiger partial charge in [0.25, 0.3) is 0 Å². The first-order valence-electron chi connectivity index (χ1n) is 33.7. The summed E-state index contributed by atoms with van der Waals surface area (Å²) in [7, 11) is 0. The molecule has 6 nitrogen and oxygen atoms in total. The molecule has 0 saturated carbocycles. The highest BCUT2D eigenvalue weighted by atomic mass is 16.6. The third kappa shape index (κ3) is 65.0. The molecule has 0 aliphatic heterocycles. The maximum atomic E-state index is 12.9. The molecule has 1 unspecified atom stereocenters. The fraction of sp³-hybridized carbons (Fsp3) is 0.740. The lowest BCUT2D eigenvalue weighted by molar-refractivity contribution is -0.166. The highest BCUT2D eigenvalue weighted by Gasteiger charge is 2.19. The molecular weight excluding hydrogens is 973 g/mol. The topological polar surface area (TPSA) is 78.9 Å². The van der Waals surface area contributed by atoms with Crippen molar-refractivity contribution in [1.29, 1.82) is 0 Å². The maximum absolute atomic E-state index is 12.9. The Morgan fingerprint density at radius 3 is 0.848 bits per heavy atom. The molecule has 0 radical (unpaired) electrons. The van der Waals surface area contributed by atoms with Crippen molar-refractivity contribution in [3.05, 3.63) is 97.2 Å². The second-order valence-electron chi connectivity index (χ2n) is 22.3. The minimum atomic E-state index is -0.815. The molecule has 0 aromatic rings. The number of allylic oxidation sites excluding steroid dienone is 16. The summed E-state index contributed by atoms with van der Waals surface area (Å²) in [5, 5.41) is 0. The van der Waals surface area contributed by atoms with Crippen molar-refractivity contribution in [2.24, 2.45) is 0 Å². The van der Waals surface area contributed by atoms with Crippen molar-refractivity contribution in [1.82, 2.24) is 0 Å². The largest absolute Gasteiger partial charge is 0.462 e. The summed E-state index contributed by atoms with van der Waals surface area (Å²) >= 11 is 0. The van der Waals surface area contributed by atoms with Crippen LogP contribution in [0.4, 0.5) is 0 Å². The fourth-order valence-electron chi connectivity index (χ4n) is 9.63. The Hall–Kier alpha value is -3.67. The van der Waals surface area contributed by atoms with Crippen molar-refractivity contribution in [2.75, 3.05) is 13.2 Å². The van der Waals surface area contributed by atoms with Crippen LogP contribution in [0.2, 0.25) is 0 Å². The Morgan fingerprint density at radius 1 is 0.266 bits per heavy atom. The normalized spacial score (nSPS) is 12.7. The van der Waals surface area contributed by atoms with E-state index in [2.05, 4.69) is 112 Å². The number of carbonyl (C=O) groups excluding carboxylic acids is 3. The smallest absolute Gasteiger partial charge is 0.306 e. The van der Waals surface area contributed by atoms with Crippen LogP contribution in [-0.2, 0) is 28.6 Å². The highest BCUT2D eigenvalue weighted by Crippen LogP contribution is 2.18. The van der Waals surface area contributed by atoms with Crippen molar-refractivity contribution >= 4 is 17.9 Å². The SMILES string of the molecule is CC/C=C\C/C=C\C/C=C\C/C=C\CCCCCCCCC(=O)OC(COC(=O)CC/C=C\C/C=C\C/C=C\C/C=C\CC)COC(=O)CCCCCCCCCCCCCCCCCCCCCCCCCCCCCCC. The van der Waals surface area contributed by atoms with Crippen LogP contribution in [0, 0.1) is 0 Å². The average Bonchev–Trinajstić information content (AvgIpc) is 3.45. The molecule has 454 valence electrons. The van der Waals surface area contributed by atoms with Crippen LogP contribution in [0.25, 0.3) is 0 Å². The molecule has 0 rings (SSSR count). The minimum absolute atomic E-state index is 0.104. The average molecular weight is 1100 g/mol. The number of hydrogen-bond donors (Lipinski definition) is 0. The molecule has 1 atom stereocenters. The van der Waals surface area contributed by atoms with E-state index in [1.165, 1.54) is 180 Å². The quantitative estimate of drug-likeness (QED) is 0.0261. The van der Waals surface area contributed by atoms with Crippen molar-refractivity contribution in [3.63, 3.8) is 0 Å². The molecule has 0 aromatic heterocycles. The van der Waals surface area contributed by atoms with Gasteiger partial charge < -0.3 is 14.2 Å². The van der Waals surface area contributed by atoms with E-state index in [4.69, 9.17) is 14.2 Å². The van der Waals surface area contributed by atoms with Crippen molar-refractivity contribution < 1.29 is 28.6 Å². The molecule has 0 aliphatic rings. The summed E-state index contributed by atoms with van der Waals surface area (Å²) < 4.78 is 16.9. The van der Waals surface area contributed by atoms with Gasteiger partial charge >= 0.3 is 17.9 Å². The molecule has 0 aromatic carbocycles. The molecule has 0 bridgehead atoms. The van der Waals surface area contributed by atoms with E-state index in [1.54, 1.807) is 0 Å². The monoisotopic (exact) mass is 1100 g/mol. The van der Waals surface area contributed by atoms with Crippen molar-refractivity contribution in [2.45, 2.75) is 335 Å². The molecule has 0 spiro atoms. The molecule has 0 heterocycles. The summed E-state index contributed by atoms with van der Waals surface area (Å²) in [6, 6.07) is 0. The third-order valence-electron chi connectivity index (χ3n) is 14.6. The Labute approximate surface area is 489 Å². The standard InChI is InChI=1S/C73H126O6/c1-4-7-10-13-16-19-22-25-27-29-31-32-33-34-35-36-37-38-39-40-42-43-45-48-51-54-57-60-63-66-72(75)78-69-70(68-77-71(74)65-62-59-56-53-50-47-24-21-18-15-12-9-6-3)79-73(76)67-64-61-58-55-52-49-46-44-41-30-28-26-23-20-17-14-11-8-5-2/h8-9,11-12,17-18,20-21,26,28,41,44,47,50,56,59,70H,4-7,10,13-16,19,22-25,27,29-40,42-43,45-46,48-49,51-55,57-58,60-69H2,1-3H3/b11-8-,12-9-,20-17-,21-18-,28-26-,44-41-,50-47-,59-56-. The predicted molar refractivity (Wildman–Crippen MR) is 344 cm³/mol.